The number of aromatic nitrogens is 2. The number of nitrogens with one attached hydrogen (secondary N) is 1. The fraction of sp³-hybridized carbons (Fsp3) is 0.538. The van der Waals surface area contributed by atoms with E-state index in [9.17, 15) is 24.3 Å². The maximum absolute atomic E-state index is 12.4. The maximum atomic E-state index is 12.4. The standard InChI is InChI=1S/C13H17N3O5/c1-7-3-4-16(9(5-7)12(19)20)11(18)8-6-15(2)13(21)14-10(8)17/h6-7,9H,3-5H2,1-2H3,(H,19,20)(H,14,17,21). The van der Waals surface area contributed by atoms with Crippen molar-refractivity contribution in [2.24, 2.45) is 13.0 Å². The first-order chi connectivity index (χ1) is 9.81. The Morgan fingerprint density at radius 1 is 1.38 bits per heavy atom. The van der Waals surface area contributed by atoms with Gasteiger partial charge in [0.05, 0.1) is 0 Å². The fourth-order valence-electron chi connectivity index (χ4n) is 2.49. The molecule has 1 amide bonds. The predicted octanol–water partition coefficient (Wildman–Crippen LogP) is -0.601. The van der Waals surface area contributed by atoms with Crippen LogP contribution in [-0.2, 0) is 11.8 Å². The van der Waals surface area contributed by atoms with Gasteiger partial charge in [0.15, 0.2) is 0 Å². The van der Waals surface area contributed by atoms with Gasteiger partial charge in [-0.15, -0.1) is 0 Å². The van der Waals surface area contributed by atoms with Gasteiger partial charge in [-0.05, 0) is 18.8 Å². The van der Waals surface area contributed by atoms with Crippen LogP contribution in [-0.4, -0.2) is 44.0 Å². The third-order valence-corrected chi connectivity index (χ3v) is 3.75. The van der Waals surface area contributed by atoms with Crippen LogP contribution in [0, 0.1) is 5.92 Å². The van der Waals surface area contributed by atoms with E-state index >= 15 is 0 Å². The smallest absolute Gasteiger partial charge is 0.328 e. The highest BCUT2D eigenvalue weighted by molar-refractivity contribution is 5.96. The second kappa shape index (κ2) is 5.55. The molecule has 2 N–H and O–H groups in total. The second-order valence-corrected chi connectivity index (χ2v) is 5.40. The molecule has 1 saturated heterocycles. The number of carbonyl (C=O) groups is 2. The Labute approximate surface area is 120 Å². The lowest BCUT2D eigenvalue weighted by molar-refractivity contribution is -0.144. The molecule has 0 saturated carbocycles. The van der Waals surface area contributed by atoms with E-state index in [2.05, 4.69) is 0 Å². The van der Waals surface area contributed by atoms with E-state index in [4.69, 9.17) is 0 Å². The first kappa shape index (κ1) is 15.0. The number of aromatic amines is 1. The van der Waals surface area contributed by atoms with Crippen LogP contribution < -0.4 is 11.2 Å². The molecule has 2 rings (SSSR count). The highest BCUT2D eigenvalue weighted by Crippen LogP contribution is 2.23. The minimum Gasteiger partial charge on any atom is -0.480 e. The van der Waals surface area contributed by atoms with Gasteiger partial charge in [0.2, 0.25) is 0 Å². The lowest BCUT2D eigenvalue weighted by Crippen LogP contribution is -2.51. The Morgan fingerprint density at radius 2 is 2.05 bits per heavy atom. The quantitative estimate of drug-likeness (QED) is 0.756. The molecule has 0 spiro atoms. The average Bonchev–Trinajstić information content (AvgIpc) is 2.42. The summed E-state index contributed by atoms with van der Waals surface area (Å²) >= 11 is 0. The number of carboxylic acid groups (broad SMARTS) is 1. The molecule has 1 aromatic heterocycles. The molecular formula is C13H17N3O5. The number of H-pyrrole nitrogens is 1. The van der Waals surface area contributed by atoms with Gasteiger partial charge >= 0.3 is 11.7 Å². The maximum Gasteiger partial charge on any atom is 0.328 e. The number of carboxylic acids is 1. The van der Waals surface area contributed by atoms with Crippen LogP contribution in [0.5, 0.6) is 0 Å². The predicted molar refractivity (Wildman–Crippen MR) is 73.2 cm³/mol. The van der Waals surface area contributed by atoms with Crippen LogP contribution in [0.15, 0.2) is 15.8 Å². The molecule has 1 aromatic rings. The topological polar surface area (TPSA) is 112 Å². The Bertz CT molecular complexity index is 690. The molecule has 114 valence electrons. The molecule has 0 radical (unpaired) electrons. The summed E-state index contributed by atoms with van der Waals surface area (Å²) < 4.78 is 1.08. The minimum absolute atomic E-state index is 0.202. The van der Waals surface area contributed by atoms with Crippen molar-refractivity contribution >= 4 is 11.9 Å². The van der Waals surface area contributed by atoms with Crippen molar-refractivity contribution in [3.05, 3.63) is 32.6 Å². The Kier molecular flexibility index (Phi) is 3.97. The SMILES string of the molecule is CC1CCN(C(=O)c2cn(C)c(=O)[nH]c2=O)C(C(=O)O)C1. The van der Waals surface area contributed by atoms with Crippen LogP contribution in [0.25, 0.3) is 0 Å². The van der Waals surface area contributed by atoms with Gasteiger partial charge in [0, 0.05) is 19.8 Å². The largest absolute Gasteiger partial charge is 0.480 e. The number of aryl methyl sites for hydroxylation is 1. The van der Waals surface area contributed by atoms with E-state index < -0.39 is 29.2 Å². The second-order valence-electron chi connectivity index (χ2n) is 5.40. The first-order valence-corrected chi connectivity index (χ1v) is 6.65. The van der Waals surface area contributed by atoms with Gasteiger partial charge in [-0.3, -0.25) is 14.6 Å². The number of amides is 1. The van der Waals surface area contributed by atoms with Crippen molar-refractivity contribution in [2.75, 3.05) is 6.54 Å². The molecule has 1 aliphatic rings. The Morgan fingerprint density at radius 3 is 2.67 bits per heavy atom. The van der Waals surface area contributed by atoms with Crippen LogP contribution in [0.1, 0.15) is 30.1 Å². The first-order valence-electron chi connectivity index (χ1n) is 6.65. The van der Waals surface area contributed by atoms with Gasteiger partial charge < -0.3 is 14.6 Å². The van der Waals surface area contributed by atoms with Crippen molar-refractivity contribution in [1.82, 2.24) is 14.5 Å². The van der Waals surface area contributed by atoms with Gasteiger partial charge in [-0.2, -0.15) is 0 Å². The van der Waals surface area contributed by atoms with Gasteiger partial charge in [0.25, 0.3) is 11.5 Å². The molecule has 0 aliphatic carbocycles. The van der Waals surface area contributed by atoms with Crippen LogP contribution in [0.4, 0.5) is 0 Å². The number of rotatable bonds is 2. The number of aliphatic carboxylic acids is 1. The van der Waals surface area contributed by atoms with E-state index in [1.807, 2.05) is 11.9 Å². The number of piperidine rings is 1. The molecule has 2 heterocycles. The molecule has 0 aromatic carbocycles. The molecule has 2 unspecified atom stereocenters. The molecule has 8 heteroatoms. The molecule has 2 atom stereocenters. The van der Waals surface area contributed by atoms with Crippen molar-refractivity contribution in [3.8, 4) is 0 Å². The highest BCUT2D eigenvalue weighted by atomic mass is 16.4. The zero-order valence-electron chi connectivity index (χ0n) is 11.8. The van der Waals surface area contributed by atoms with Crippen LogP contribution in [0.3, 0.4) is 0 Å². The molecular weight excluding hydrogens is 278 g/mol. The number of hydrogen-bond acceptors (Lipinski definition) is 4. The van der Waals surface area contributed by atoms with Crippen LogP contribution in [0.2, 0.25) is 0 Å². The summed E-state index contributed by atoms with van der Waals surface area (Å²) in [4.78, 5) is 50.0. The number of carbonyl (C=O) groups excluding carboxylic acids is 1. The van der Waals surface area contributed by atoms with E-state index in [1.165, 1.54) is 11.9 Å². The van der Waals surface area contributed by atoms with Gasteiger partial charge in [-0.25, -0.2) is 9.59 Å². The summed E-state index contributed by atoms with van der Waals surface area (Å²) in [5.74, 6) is -1.55. The number of nitrogens with zero attached hydrogens (tertiary/aromatic N) is 2. The van der Waals surface area contributed by atoms with E-state index in [0.717, 1.165) is 10.8 Å². The normalized spacial score (nSPS) is 22.1. The zero-order valence-corrected chi connectivity index (χ0v) is 11.8. The fourth-order valence-corrected chi connectivity index (χ4v) is 2.49. The Hall–Kier alpha value is -2.38. The van der Waals surface area contributed by atoms with Crippen molar-refractivity contribution < 1.29 is 14.7 Å². The van der Waals surface area contributed by atoms with Gasteiger partial charge in [0.1, 0.15) is 11.6 Å². The van der Waals surface area contributed by atoms with Gasteiger partial charge in [-0.1, -0.05) is 6.92 Å². The number of hydrogen-bond donors (Lipinski definition) is 2. The van der Waals surface area contributed by atoms with Crippen molar-refractivity contribution in [3.63, 3.8) is 0 Å². The number of likely N-dealkylation sites (tertiary alicyclic amines) is 1. The Balaban J connectivity index is 2.39. The summed E-state index contributed by atoms with van der Waals surface area (Å²) in [5.41, 5.74) is -1.65. The minimum atomic E-state index is -1.09. The third kappa shape index (κ3) is 2.88. The monoisotopic (exact) mass is 295 g/mol. The summed E-state index contributed by atoms with van der Waals surface area (Å²) in [5, 5.41) is 9.26. The molecule has 1 fully saturated rings. The summed E-state index contributed by atoms with van der Waals surface area (Å²) in [7, 11) is 1.40. The lowest BCUT2D eigenvalue weighted by Gasteiger charge is -2.35. The zero-order chi connectivity index (χ0) is 15.7. The van der Waals surface area contributed by atoms with E-state index in [-0.39, 0.29) is 18.0 Å². The summed E-state index contributed by atoms with van der Waals surface area (Å²) in [6.07, 6.45) is 2.17. The lowest BCUT2D eigenvalue weighted by atomic mass is 9.92. The summed E-state index contributed by atoms with van der Waals surface area (Å²) in [6.45, 7) is 2.20. The molecule has 8 nitrogen and oxygen atoms in total. The van der Waals surface area contributed by atoms with E-state index in [0.29, 0.717) is 12.8 Å². The molecule has 21 heavy (non-hydrogen) atoms. The average molecular weight is 295 g/mol. The van der Waals surface area contributed by atoms with Crippen molar-refractivity contribution in [1.29, 1.82) is 0 Å². The van der Waals surface area contributed by atoms with Crippen LogP contribution >= 0.6 is 0 Å². The summed E-state index contributed by atoms with van der Waals surface area (Å²) in [6, 6.07) is -0.946. The van der Waals surface area contributed by atoms with Crippen molar-refractivity contribution in [2.45, 2.75) is 25.8 Å². The molecule has 0 bridgehead atoms. The molecule has 1 aliphatic heterocycles. The highest BCUT2D eigenvalue weighted by Gasteiger charge is 2.36. The van der Waals surface area contributed by atoms with E-state index in [1.54, 1.807) is 0 Å². The third-order valence-electron chi connectivity index (χ3n) is 3.75.